The number of nitrogens with one attached hydrogen (secondary N) is 1. The van der Waals surface area contributed by atoms with Crippen molar-refractivity contribution in [2.24, 2.45) is 0 Å². The van der Waals surface area contributed by atoms with Gasteiger partial charge < -0.3 is 10.2 Å². The van der Waals surface area contributed by atoms with Crippen molar-refractivity contribution in [2.45, 2.75) is 75.3 Å². The van der Waals surface area contributed by atoms with Crippen molar-refractivity contribution in [2.75, 3.05) is 44.7 Å². The van der Waals surface area contributed by atoms with Gasteiger partial charge >= 0.3 is 0 Å². The summed E-state index contributed by atoms with van der Waals surface area (Å²) in [5.74, 6) is -0.207. The molecule has 1 aliphatic carbocycles. The maximum absolute atomic E-state index is 13.6. The molecule has 7 nitrogen and oxygen atoms in total. The molecule has 178 valence electrons. The number of nitrogens with zero attached hydrogens (tertiary/aromatic N) is 3. The van der Waals surface area contributed by atoms with E-state index in [2.05, 4.69) is 29.1 Å². The summed E-state index contributed by atoms with van der Waals surface area (Å²) in [4.78, 5) is 17.7. The molecule has 1 atom stereocenters. The fourth-order valence-electron chi connectivity index (χ4n) is 4.83. The van der Waals surface area contributed by atoms with Crippen LogP contribution in [-0.4, -0.2) is 75.4 Å². The van der Waals surface area contributed by atoms with E-state index in [9.17, 15) is 13.2 Å². The Bertz CT molecular complexity index is 904. The van der Waals surface area contributed by atoms with Crippen LogP contribution in [0.15, 0.2) is 23.1 Å². The Hall–Kier alpha value is -1.64. The van der Waals surface area contributed by atoms with Crippen LogP contribution >= 0.6 is 0 Å². The first-order valence-electron chi connectivity index (χ1n) is 12.3. The normalized spacial score (nSPS) is 21.5. The Labute approximate surface area is 193 Å². The molecular weight excluding hydrogens is 424 g/mol. The summed E-state index contributed by atoms with van der Waals surface area (Å²) in [6.45, 7) is 5.50. The van der Waals surface area contributed by atoms with Crippen LogP contribution < -0.4 is 10.2 Å². The van der Waals surface area contributed by atoms with Gasteiger partial charge in [0.05, 0.1) is 5.69 Å². The number of sulfonamides is 1. The van der Waals surface area contributed by atoms with Gasteiger partial charge in [-0.3, -0.25) is 9.69 Å². The maximum atomic E-state index is 13.6. The second kappa shape index (κ2) is 10.1. The van der Waals surface area contributed by atoms with Gasteiger partial charge in [-0.05, 0) is 77.1 Å². The monoisotopic (exact) mass is 462 g/mol. The minimum Gasteiger partial charge on any atom is -0.370 e. The summed E-state index contributed by atoms with van der Waals surface area (Å²) in [7, 11) is -1.54. The van der Waals surface area contributed by atoms with Gasteiger partial charge in [0, 0.05) is 50.4 Å². The van der Waals surface area contributed by atoms with Crippen molar-refractivity contribution in [3.05, 3.63) is 23.8 Å². The van der Waals surface area contributed by atoms with E-state index in [0.717, 1.165) is 50.9 Å². The summed E-state index contributed by atoms with van der Waals surface area (Å²) in [5, 5.41) is 3.02. The minimum atomic E-state index is -3.64. The quantitative estimate of drug-likeness (QED) is 0.643. The van der Waals surface area contributed by atoms with Gasteiger partial charge in [0.15, 0.2) is 0 Å². The fraction of sp³-hybridized carbons (Fsp3) is 0.708. The van der Waals surface area contributed by atoms with E-state index >= 15 is 0 Å². The van der Waals surface area contributed by atoms with Crippen molar-refractivity contribution in [1.82, 2.24) is 14.5 Å². The number of benzene rings is 1. The Morgan fingerprint density at radius 3 is 2.31 bits per heavy atom. The first kappa shape index (κ1) is 23.5. The van der Waals surface area contributed by atoms with Crippen molar-refractivity contribution in [3.8, 4) is 0 Å². The number of hydrogen-bond donors (Lipinski definition) is 1. The van der Waals surface area contributed by atoms with E-state index in [-0.39, 0.29) is 16.8 Å². The lowest BCUT2D eigenvalue weighted by atomic mass is 10.1. The van der Waals surface area contributed by atoms with E-state index in [1.54, 1.807) is 16.4 Å². The molecule has 0 spiro atoms. The van der Waals surface area contributed by atoms with Crippen LogP contribution in [0.5, 0.6) is 0 Å². The van der Waals surface area contributed by atoms with E-state index in [1.165, 1.54) is 19.3 Å². The third kappa shape index (κ3) is 5.29. The zero-order chi connectivity index (χ0) is 22.7. The van der Waals surface area contributed by atoms with Crippen molar-refractivity contribution in [3.63, 3.8) is 0 Å². The lowest BCUT2D eigenvalue weighted by Crippen LogP contribution is -2.41. The maximum Gasteiger partial charge on any atom is 0.251 e. The predicted molar refractivity (Wildman–Crippen MR) is 128 cm³/mol. The predicted octanol–water partition coefficient (Wildman–Crippen LogP) is 3.06. The molecule has 3 fully saturated rings. The second-order valence-corrected chi connectivity index (χ2v) is 11.6. The number of carbonyl (C=O) groups excluding carboxylic acids is 1. The van der Waals surface area contributed by atoms with Gasteiger partial charge in [-0.2, -0.15) is 4.31 Å². The van der Waals surface area contributed by atoms with Crippen LogP contribution in [-0.2, 0) is 10.0 Å². The SMILES string of the molecule is CC(CNC(=O)c1ccc(N2CCCCC2)c(S(=O)(=O)N2CCCCC2)c1)N(C)C1CC1. The van der Waals surface area contributed by atoms with E-state index in [1.807, 2.05) is 6.07 Å². The topological polar surface area (TPSA) is 73.0 Å². The highest BCUT2D eigenvalue weighted by molar-refractivity contribution is 7.89. The summed E-state index contributed by atoms with van der Waals surface area (Å²) in [6, 6.07) is 6.11. The fourth-order valence-corrected chi connectivity index (χ4v) is 6.58. The Kier molecular flexibility index (Phi) is 7.42. The molecule has 1 aromatic carbocycles. The van der Waals surface area contributed by atoms with Crippen LogP contribution in [0.4, 0.5) is 5.69 Å². The first-order valence-corrected chi connectivity index (χ1v) is 13.7. The first-order chi connectivity index (χ1) is 15.4. The molecule has 32 heavy (non-hydrogen) atoms. The molecule has 1 saturated carbocycles. The van der Waals surface area contributed by atoms with E-state index < -0.39 is 10.0 Å². The lowest BCUT2D eigenvalue weighted by Gasteiger charge is -2.33. The Balaban J connectivity index is 1.57. The van der Waals surface area contributed by atoms with Crippen LogP contribution in [0, 0.1) is 0 Å². The van der Waals surface area contributed by atoms with E-state index in [0.29, 0.717) is 31.2 Å². The Morgan fingerprint density at radius 2 is 1.69 bits per heavy atom. The molecule has 2 saturated heterocycles. The highest BCUT2D eigenvalue weighted by Gasteiger charge is 2.32. The summed E-state index contributed by atoms with van der Waals surface area (Å²) >= 11 is 0. The Morgan fingerprint density at radius 1 is 1.06 bits per heavy atom. The molecule has 1 amide bonds. The molecule has 2 aliphatic heterocycles. The molecule has 3 aliphatic rings. The smallest absolute Gasteiger partial charge is 0.251 e. The molecule has 1 aromatic rings. The molecular formula is C24H38N4O3S. The average molecular weight is 463 g/mol. The zero-order valence-electron chi connectivity index (χ0n) is 19.6. The highest BCUT2D eigenvalue weighted by atomic mass is 32.2. The van der Waals surface area contributed by atoms with E-state index in [4.69, 9.17) is 0 Å². The molecule has 4 rings (SSSR count). The standard InChI is InChI=1S/C24H38N4O3S/c1-19(26(2)21-10-11-21)18-25-24(29)20-9-12-22(27-13-5-3-6-14-27)23(17-20)32(30,31)28-15-7-4-8-16-28/h9,12,17,19,21H,3-8,10-11,13-16,18H2,1-2H3,(H,25,29). The number of likely N-dealkylation sites (N-methyl/N-ethyl adjacent to an activating group) is 1. The molecule has 8 heteroatoms. The van der Waals surface area contributed by atoms with Crippen LogP contribution in [0.2, 0.25) is 0 Å². The number of amides is 1. The number of anilines is 1. The van der Waals surface area contributed by atoms with Gasteiger partial charge in [-0.25, -0.2) is 8.42 Å². The third-order valence-corrected chi connectivity index (χ3v) is 9.16. The van der Waals surface area contributed by atoms with Crippen molar-refractivity contribution < 1.29 is 13.2 Å². The van der Waals surface area contributed by atoms with Crippen LogP contribution in [0.3, 0.4) is 0 Å². The van der Waals surface area contributed by atoms with Gasteiger partial charge in [-0.15, -0.1) is 0 Å². The van der Waals surface area contributed by atoms with Gasteiger partial charge in [0.2, 0.25) is 10.0 Å². The third-order valence-electron chi connectivity index (χ3n) is 7.23. The molecule has 0 radical (unpaired) electrons. The van der Waals surface area contributed by atoms with Crippen LogP contribution in [0.25, 0.3) is 0 Å². The molecule has 2 heterocycles. The number of carbonyl (C=O) groups is 1. The zero-order valence-corrected chi connectivity index (χ0v) is 20.4. The number of hydrogen-bond acceptors (Lipinski definition) is 5. The minimum absolute atomic E-state index is 0.207. The number of rotatable bonds is 8. The molecule has 0 aromatic heterocycles. The molecule has 1 unspecified atom stereocenters. The second-order valence-electron chi connectivity index (χ2n) is 9.65. The summed E-state index contributed by atoms with van der Waals surface area (Å²) in [5.41, 5.74) is 1.16. The van der Waals surface area contributed by atoms with Crippen molar-refractivity contribution >= 4 is 21.6 Å². The highest BCUT2D eigenvalue weighted by Crippen LogP contribution is 2.32. The molecule has 1 N–H and O–H groups in total. The van der Waals surface area contributed by atoms with Gasteiger partial charge in [-0.1, -0.05) is 6.42 Å². The van der Waals surface area contributed by atoms with Gasteiger partial charge in [0.1, 0.15) is 4.90 Å². The summed E-state index contributed by atoms with van der Waals surface area (Å²) in [6.07, 6.45) is 8.62. The van der Waals surface area contributed by atoms with Gasteiger partial charge in [0.25, 0.3) is 5.91 Å². The van der Waals surface area contributed by atoms with Crippen LogP contribution in [0.1, 0.15) is 68.6 Å². The lowest BCUT2D eigenvalue weighted by molar-refractivity contribution is 0.0939. The average Bonchev–Trinajstić information content (AvgIpc) is 3.68. The van der Waals surface area contributed by atoms with Crippen molar-refractivity contribution in [1.29, 1.82) is 0 Å². The largest absolute Gasteiger partial charge is 0.370 e. The number of piperidine rings is 2. The summed E-state index contributed by atoms with van der Waals surface area (Å²) < 4.78 is 28.9. The molecule has 0 bridgehead atoms.